The fourth-order valence-electron chi connectivity index (χ4n) is 4.42. The van der Waals surface area contributed by atoms with Crippen LogP contribution in [-0.4, -0.2) is 48.9 Å². The number of aromatic nitrogens is 1. The first-order valence-corrected chi connectivity index (χ1v) is 12.6. The monoisotopic (exact) mass is 497 g/mol. The molecule has 1 amide bonds. The van der Waals surface area contributed by atoms with E-state index in [-0.39, 0.29) is 35.8 Å². The van der Waals surface area contributed by atoms with Crippen molar-refractivity contribution in [2.24, 2.45) is 5.92 Å². The lowest BCUT2D eigenvalue weighted by Crippen LogP contribution is -2.44. The van der Waals surface area contributed by atoms with Crippen molar-refractivity contribution in [3.63, 3.8) is 0 Å². The molecule has 1 aliphatic heterocycles. The first-order valence-electron chi connectivity index (χ1n) is 11.2. The molecule has 1 saturated heterocycles. The van der Waals surface area contributed by atoms with Gasteiger partial charge in [0.25, 0.3) is 0 Å². The van der Waals surface area contributed by atoms with Gasteiger partial charge in [-0.05, 0) is 52.7 Å². The molecule has 1 fully saturated rings. The molecule has 0 aliphatic carbocycles. The van der Waals surface area contributed by atoms with Gasteiger partial charge in [0.15, 0.2) is 0 Å². The summed E-state index contributed by atoms with van der Waals surface area (Å²) in [5.74, 6) is -3.71. The lowest BCUT2D eigenvalue weighted by atomic mass is 9.98. The third-order valence-corrected chi connectivity index (χ3v) is 8.09. The van der Waals surface area contributed by atoms with E-state index >= 15 is 0 Å². The molecule has 1 N–H and O–H groups in total. The number of hydrogen-bond acceptors (Lipinski definition) is 5. The molecule has 0 saturated carbocycles. The van der Waals surface area contributed by atoms with Crippen molar-refractivity contribution in [2.45, 2.75) is 52.0 Å². The van der Waals surface area contributed by atoms with Crippen LogP contribution < -0.4 is 5.32 Å². The highest BCUT2D eigenvalue weighted by atomic mass is 32.2. The van der Waals surface area contributed by atoms with Gasteiger partial charge in [0.1, 0.15) is 22.1 Å². The summed E-state index contributed by atoms with van der Waals surface area (Å²) in [6.45, 7) is 7.41. The predicted molar refractivity (Wildman–Crippen MR) is 122 cm³/mol. The van der Waals surface area contributed by atoms with E-state index in [0.29, 0.717) is 36.8 Å². The summed E-state index contributed by atoms with van der Waals surface area (Å²) >= 11 is 0. The molecule has 2 heterocycles. The summed E-state index contributed by atoms with van der Waals surface area (Å²) < 4.78 is 62.6. The average molecular weight is 498 g/mol. The van der Waals surface area contributed by atoms with Crippen LogP contribution in [0.4, 0.5) is 14.5 Å². The van der Waals surface area contributed by atoms with Gasteiger partial charge in [-0.3, -0.25) is 4.79 Å². The van der Waals surface area contributed by atoms with Gasteiger partial charge in [-0.1, -0.05) is 0 Å². The minimum absolute atomic E-state index is 0.00107. The van der Waals surface area contributed by atoms with E-state index < -0.39 is 39.5 Å². The fourth-order valence-corrected chi connectivity index (χ4v) is 6.39. The Bertz CT molecular complexity index is 1210. The van der Waals surface area contributed by atoms with Gasteiger partial charge in [0.05, 0.1) is 18.2 Å². The second kappa shape index (κ2) is 10.2. The van der Waals surface area contributed by atoms with E-state index in [1.54, 1.807) is 25.3 Å². The summed E-state index contributed by atoms with van der Waals surface area (Å²) in [7, 11) is -4.14. The van der Waals surface area contributed by atoms with Crippen LogP contribution >= 0.6 is 0 Å². The van der Waals surface area contributed by atoms with Gasteiger partial charge >= 0.3 is 5.97 Å². The quantitative estimate of drug-likeness (QED) is 0.590. The van der Waals surface area contributed by atoms with E-state index in [2.05, 4.69) is 5.32 Å². The van der Waals surface area contributed by atoms with Crippen LogP contribution in [0.5, 0.6) is 0 Å². The maximum Gasteiger partial charge on any atom is 0.341 e. The third kappa shape index (κ3) is 4.85. The van der Waals surface area contributed by atoms with E-state index in [9.17, 15) is 26.8 Å². The van der Waals surface area contributed by atoms with Crippen molar-refractivity contribution in [3.05, 3.63) is 46.8 Å². The summed E-state index contributed by atoms with van der Waals surface area (Å²) in [6.07, 6.45) is 0.809. The number of rotatable bonds is 7. The molecule has 0 unspecified atom stereocenters. The molecular weight excluding hydrogens is 468 g/mol. The van der Waals surface area contributed by atoms with Gasteiger partial charge in [0.2, 0.25) is 15.9 Å². The van der Waals surface area contributed by atoms with Gasteiger partial charge in [-0.25, -0.2) is 22.0 Å². The smallest absolute Gasteiger partial charge is 0.341 e. The van der Waals surface area contributed by atoms with Gasteiger partial charge in [-0.15, -0.1) is 0 Å². The number of ether oxygens (including phenoxy) is 1. The van der Waals surface area contributed by atoms with Crippen LogP contribution in [0.1, 0.15) is 48.4 Å². The van der Waals surface area contributed by atoms with E-state index in [4.69, 9.17) is 4.74 Å². The zero-order chi connectivity index (χ0) is 25.2. The number of benzene rings is 1. The fraction of sp³-hybridized carbons (Fsp3) is 0.478. The van der Waals surface area contributed by atoms with Crippen LogP contribution in [0.2, 0.25) is 0 Å². The highest BCUT2D eigenvalue weighted by Gasteiger charge is 2.39. The Morgan fingerprint density at radius 1 is 1.18 bits per heavy atom. The van der Waals surface area contributed by atoms with Crippen molar-refractivity contribution in [1.82, 2.24) is 8.87 Å². The first-order chi connectivity index (χ1) is 16.0. The second-order valence-corrected chi connectivity index (χ2v) is 10.0. The molecule has 1 aliphatic rings. The number of nitrogens with zero attached hydrogens (tertiary/aromatic N) is 2. The molecule has 0 spiro atoms. The topological polar surface area (TPSA) is 97.7 Å². The zero-order valence-corrected chi connectivity index (χ0v) is 20.5. The molecule has 1 aromatic heterocycles. The SMILES string of the molecule is CCOC(=O)c1c(S(=O)(=O)N2CCC[C@H](C(=O)Nc3ccc(F)cc3F)C2)c(C)n(CC)c1C. The molecule has 0 bridgehead atoms. The normalized spacial score (nSPS) is 16.9. The van der Waals surface area contributed by atoms with Crippen LogP contribution in [0.3, 0.4) is 0 Å². The number of carbonyl (C=O) groups excluding carboxylic acids is 2. The lowest BCUT2D eigenvalue weighted by Gasteiger charge is -2.31. The second-order valence-electron chi connectivity index (χ2n) is 8.16. The van der Waals surface area contributed by atoms with Gasteiger partial charge < -0.3 is 14.6 Å². The molecule has 11 heteroatoms. The van der Waals surface area contributed by atoms with Crippen LogP contribution in [-0.2, 0) is 26.1 Å². The number of amides is 1. The van der Waals surface area contributed by atoms with Crippen LogP contribution in [0.15, 0.2) is 23.1 Å². The third-order valence-electron chi connectivity index (χ3n) is 6.06. The molecule has 2 aromatic rings. The van der Waals surface area contributed by atoms with Gasteiger partial charge in [-0.2, -0.15) is 4.31 Å². The maximum absolute atomic E-state index is 14.0. The van der Waals surface area contributed by atoms with E-state index in [1.165, 1.54) is 4.31 Å². The standard InChI is InChI=1S/C23H29F2N3O5S/c1-5-28-14(3)20(23(30)33-6-2)21(15(28)4)34(31,32)27-11-7-8-16(13-27)22(29)26-19-10-9-17(24)12-18(19)25/h9-10,12,16H,5-8,11,13H2,1-4H3,(H,26,29)/t16-/m0/s1. The van der Waals surface area contributed by atoms with Crippen molar-refractivity contribution < 1.29 is 31.5 Å². The number of sulfonamides is 1. The molecule has 186 valence electrons. The Morgan fingerprint density at radius 3 is 2.50 bits per heavy atom. The summed E-state index contributed by atoms with van der Waals surface area (Å²) in [6, 6.07) is 2.80. The largest absolute Gasteiger partial charge is 0.462 e. The number of piperidine rings is 1. The Labute approximate surface area is 197 Å². The Kier molecular flexibility index (Phi) is 7.77. The molecular formula is C23H29F2N3O5S. The number of esters is 1. The van der Waals surface area contributed by atoms with Crippen molar-refractivity contribution in [3.8, 4) is 0 Å². The van der Waals surface area contributed by atoms with Crippen molar-refractivity contribution in [1.29, 1.82) is 0 Å². The molecule has 1 aromatic carbocycles. The minimum atomic E-state index is -4.14. The van der Waals surface area contributed by atoms with Crippen molar-refractivity contribution in [2.75, 3.05) is 25.0 Å². The minimum Gasteiger partial charge on any atom is -0.462 e. The maximum atomic E-state index is 14.0. The summed E-state index contributed by atoms with van der Waals surface area (Å²) in [4.78, 5) is 25.3. The number of nitrogens with one attached hydrogen (secondary N) is 1. The number of hydrogen-bond donors (Lipinski definition) is 1. The summed E-state index contributed by atoms with van der Waals surface area (Å²) in [5.41, 5.74) is 0.738. The first kappa shape index (κ1) is 25.8. The van der Waals surface area contributed by atoms with Gasteiger partial charge in [0, 0.05) is 37.1 Å². The Morgan fingerprint density at radius 2 is 1.88 bits per heavy atom. The number of anilines is 1. The van der Waals surface area contributed by atoms with E-state index in [1.807, 2.05) is 6.92 Å². The van der Waals surface area contributed by atoms with Crippen LogP contribution in [0.25, 0.3) is 0 Å². The Hall–Kier alpha value is -2.79. The summed E-state index contributed by atoms with van der Waals surface area (Å²) in [5, 5.41) is 2.42. The molecule has 1 atom stereocenters. The number of halogens is 2. The van der Waals surface area contributed by atoms with Crippen LogP contribution in [0, 0.1) is 31.4 Å². The highest BCUT2D eigenvalue weighted by molar-refractivity contribution is 7.89. The predicted octanol–water partition coefficient (Wildman–Crippen LogP) is 3.62. The Balaban J connectivity index is 1.91. The molecule has 3 rings (SSSR count). The molecule has 34 heavy (non-hydrogen) atoms. The lowest BCUT2D eigenvalue weighted by molar-refractivity contribution is -0.120. The molecule has 8 nitrogen and oxygen atoms in total. The highest BCUT2D eigenvalue weighted by Crippen LogP contribution is 2.33. The van der Waals surface area contributed by atoms with E-state index in [0.717, 1.165) is 12.1 Å². The molecule has 0 radical (unpaired) electrons. The zero-order valence-electron chi connectivity index (χ0n) is 19.7. The number of carbonyl (C=O) groups is 2. The van der Waals surface area contributed by atoms with Crippen molar-refractivity contribution >= 4 is 27.6 Å². The average Bonchev–Trinajstić information content (AvgIpc) is 3.05.